The number of benzene rings is 2. The van der Waals surface area contributed by atoms with Gasteiger partial charge in [0.1, 0.15) is 0 Å². The molecular weight excluding hydrogens is 309 g/mol. The molecule has 4 rings (SSSR count). The quantitative estimate of drug-likeness (QED) is 0.642. The van der Waals surface area contributed by atoms with Gasteiger partial charge in [0, 0.05) is 0 Å². The van der Waals surface area contributed by atoms with E-state index >= 15 is 0 Å². The van der Waals surface area contributed by atoms with Crippen LogP contribution in [-0.4, -0.2) is 25.1 Å². The molecule has 0 spiro atoms. The van der Waals surface area contributed by atoms with Crippen molar-refractivity contribution >= 4 is 24.4 Å². The van der Waals surface area contributed by atoms with Crippen molar-refractivity contribution < 1.29 is 9.47 Å². The Balaban J connectivity index is 1.95. The van der Waals surface area contributed by atoms with E-state index in [1.54, 1.807) is 0 Å². The zero-order valence-electron chi connectivity index (χ0n) is 9.83. The fraction of sp³-hybridized carbons (Fsp3) is 0.0714. The first-order valence-electron chi connectivity index (χ1n) is 5.84. The molecular formula is C14H9NO3Se. The van der Waals surface area contributed by atoms with Gasteiger partial charge in [-0.2, -0.15) is 0 Å². The molecule has 5 heteroatoms. The van der Waals surface area contributed by atoms with Gasteiger partial charge in [-0.1, -0.05) is 0 Å². The van der Waals surface area contributed by atoms with Crippen molar-refractivity contribution in [3.63, 3.8) is 0 Å². The molecule has 1 aromatic heterocycles. The number of aromatic nitrogens is 1. The molecule has 0 aliphatic carbocycles. The van der Waals surface area contributed by atoms with Crippen LogP contribution in [0.5, 0.6) is 11.5 Å². The number of hydrogen-bond acceptors (Lipinski definition) is 3. The van der Waals surface area contributed by atoms with Crippen LogP contribution in [0.3, 0.4) is 0 Å². The normalized spacial score (nSPS) is 13.1. The average molecular weight is 318 g/mol. The third-order valence-corrected chi connectivity index (χ3v) is 5.42. The minimum atomic E-state index is -0.0125. The molecule has 94 valence electrons. The van der Waals surface area contributed by atoms with Gasteiger partial charge in [-0.3, -0.25) is 0 Å². The van der Waals surface area contributed by atoms with Crippen LogP contribution >= 0.6 is 0 Å². The molecule has 3 aromatic rings. The summed E-state index contributed by atoms with van der Waals surface area (Å²) in [6.45, 7) is 0.248. The van der Waals surface area contributed by atoms with Crippen LogP contribution in [0, 0.1) is 0 Å². The van der Waals surface area contributed by atoms with Crippen molar-refractivity contribution in [3.05, 3.63) is 52.8 Å². The van der Waals surface area contributed by atoms with E-state index in [1.807, 2.05) is 46.0 Å². The molecule has 4 nitrogen and oxygen atoms in total. The fourth-order valence-corrected chi connectivity index (χ4v) is 4.23. The van der Waals surface area contributed by atoms with Gasteiger partial charge in [0.25, 0.3) is 0 Å². The average Bonchev–Trinajstić information content (AvgIpc) is 3.03. The number of rotatable bonds is 1. The molecule has 0 fully saturated rings. The number of ether oxygens (including phenoxy) is 2. The molecule has 0 saturated carbocycles. The Bertz CT molecular complexity index is 834. The summed E-state index contributed by atoms with van der Waals surface area (Å²) in [6.07, 6.45) is 0. The number of fused-ring (bicyclic) bond motifs is 2. The topological polar surface area (TPSA) is 40.5 Å². The zero-order valence-corrected chi connectivity index (χ0v) is 11.5. The molecule has 1 aliphatic heterocycles. The molecule has 0 saturated heterocycles. The molecule has 0 atom stereocenters. The van der Waals surface area contributed by atoms with E-state index in [9.17, 15) is 4.79 Å². The van der Waals surface area contributed by atoms with Crippen LogP contribution in [-0.2, 0) is 0 Å². The van der Waals surface area contributed by atoms with Gasteiger partial charge in [0.15, 0.2) is 0 Å². The Kier molecular flexibility index (Phi) is 2.30. The van der Waals surface area contributed by atoms with E-state index in [1.165, 1.54) is 0 Å². The van der Waals surface area contributed by atoms with Crippen LogP contribution in [0.2, 0.25) is 0 Å². The van der Waals surface area contributed by atoms with Crippen LogP contribution in [0.1, 0.15) is 0 Å². The maximum absolute atomic E-state index is 12.4. The van der Waals surface area contributed by atoms with E-state index in [4.69, 9.17) is 9.47 Å². The van der Waals surface area contributed by atoms with Gasteiger partial charge in [-0.15, -0.1) is 0 Å². The van der Waals surface area contributed by atoms with Gasteiger partial charge >= 0.3 is 114 Å². The fourth-order valence-electron chi connectivity index (χ4n) is 2.15. The number of hydrogen-bond donors (Lipinski definition) is 0. The van der Waals surface area contributed by atoms with E-state index in [0.29, 0.717) is 5.75 Å². The second-order valence-corrected chi connectivity index (χ2v) is 6.30. The van der Waals surface area contributed by atoms with E-state index in [0.717, 1.165) is 21.1 Å². The van der Waals surface area contributed by atoms with Crippen LogP contribution in [0.25, 0.3) is 15.3 Å². The van der Waals surface area contributed by atoms with Crippen LogP contribution in [0.15, 0.2) is 47.3 Å². The Morgan fingerprint density at radius 2 is 1.89 bits per heavy atom. The molecule has 19 heavy (non-hydrogen) atoms. The molecule has 0 unspecified atom stereocenters. The number of nitrogens with zero attached hydrogens (tertiary/aromatic N) is 1. The summed E-state index contributed by atoms with van der Waals surface area (Å²) in [5.74, 6) is 1.44. The Labute approximate surface area is 114 Å². The van der Waals surface area contributed by atoms with Crippen molar-refractivity contribution in [1.82, 2.24) is 3.56 Å². The summed E-state index contributed by atoms with van der Waals surface area (Å²) in [6, 6.07) is 13.4. The second kappa shape index (κ2) is 4.02. The Hall–Kier alpha value is -1.97. The predicted molar refractivity (Wildman–Crippen MR) is 72.6 cm³/mol. The summed E-state index contributed by atoms with van der Waals surface area (Å²) < 4.78 is 13.6. The molecule has 0 amide bonds. The van der Waals surface area contributed by atoms with Crippen molar-refractivity contribution in [2.45, 2.75) is 0 Å². The van der Waals surface area contributed by atoms with Gasteiger partial charge in [-0.05, 0) is 0 Å². The second-order valence-electron chi connectivity index (χ2n) is 4.22. The zero-order chi connectivity index (χ0) is 12.8. The Morgan fingerprint density at radius 1 is 1.05 bits per heavy atom. The van der Waals surface area contributed by atoms with Crippen molar-refractivity contribution in [1.29, 1.82) is 0 Å². The van der Waals surface area contributed by atoms with Crippen LogP contribution < -0.4 is 15.0 Å². The predicted octanol–water partition coefficient (Wildman–Crippen LogP) is 1.78. The van der Waals surface area contributed by atoms with Gasteiger partial charge in [0.05, 0.1) is 0 Å². The minimum absolute atomic E-state index is 0.0125. The van der Waals surface area contributed by atoms with Gasteiger partial charge in [0.2, 0.25) is 0 Å². The van der Waals surface area contributed by atoms with Gasteiger partial charge in [-0.25, -0.2) is 0 Å². The van der Waals surface area contributed by atoms with Crippen molar-refractivity contribution in [2.75, 3.05) is 6.79 Å². The van der Waals surface area contributed by atoms with Gasteiger partial charge < -0.3 is 0 Å². The monoisotopic (exact) mass is 319 g/mol. The first-order valence-corrected chi connectivity index (χ1v) is 7.46. The molecule has 2 aromatic carbocycles. The standard InChI is InChI=1S/C14H9NO3Se/c16-14-10-3-1-2-4-13(10)19-15(14)9-5-6-11-12(7-9)18-8-17-11/h1-7H,8H2. The molecule has 0 radical (unpaired) electrons. The molecule has 0 N–H and O–H groups in total. The third-order valence-electron chi connectivity index (χ3n) is 3.08. The third kappa shape index (κ3) is 1.63. The maximum atomic E-state index is 12.4. The van der Waals surface area contributed by atoms with Crippen LogP contribution in [0.4, 0.5) is 0 Å². The first kappa shape index (κ1) is 10.9. The van der Waals surface area contributed by atoms with Crippen molar-refractivity contribution in [2.24, 2.45) is 0 Å². The van der Waals surface area contributed by atoms with E-state index in [2.05, 4.69) is 0 Å². The summed E-state index contributed by atoms with van der Waals surface area (Å²) >= 11 is -0.0125. The van der Waals surface area contributed by atoms with E-state index < -0.39 is 0 Å². The first-order chi connectivity index (χ1) is 9.33. The summed E-state index contributed by atoms with van der Waals surface area (Å²) in [5, 5.41) is 0.806. The van der Waals surface area contributed by atoms with Crippen molar-refractivity contribution in [3.8, 4) is 17.2 Å². The molecule has 2 heterocycles. The summed E-state index contributed by atoms with van der Waals surface area (Å²) in [5.41, 5.74) is 0.930. The summed E-state index contributed by atoms with van der Waals surface area (Å²) in [4.78, 5) is 12.4. The molecule has 1 aliphatic rings. The summed E-state index contributed by atoms with van der Waals surface area (Å²) in [7, 11) is 0. The van der Waals surface area contributed by atoms with E-state index in [-0.39, 0.29) is 27.1 Å². The SMILES string of the molecule is O=c1c2ccccc2[se]n1-c1ccc2c(c1)OCO2. The molecule has 0 bridgehead atoms. The Morgan fingerprint density at radius 3 is 2.79 bits per heavy atom.